The summed E-state index contributed by atoms with van der Waals surface area (Å²) < 4.78 is 254. The first-order chi connectivity index (χ1) is 49.2. The minimum absolute atomic E-state index is 0.0444. The van der Waals surface area contributed by atoms with Gasteiger partial charge in [0, 0.05) is 74.0 Å². The van der Waals surface area contributed by atoms with E-state index in [2.05, 4.69) is 4.74 Å². The van der Waals surface area contributed by atoms with Crippen molar-refractivity contribution >= 4 is 88.7 Å². The van der Waals surface area contributed by atoms with Gasteiger partial charge in [-0.1, -0.05) is 55.4 Å². The number of esters is 3. The number of fused-ring (bicyclic) bond motifs is 7. The first-order valence-corrected chi connectivity index (χ1v) is 46.3. The van der Waals surface area contributed by atoms with Crippen molar-refractivity contribution in [1.29, 1.82) is 0 Å². The summed E-state index contributed by atoms with van der Waals surface area (Å²) in [6.07, 6.45) is -1.83. The largest absolute Gasteiger partial charge is 0.469 e. The van der Waals surface area contributed by atoms with Crippen molar-refractivity contribution in [3.8, 4) is 0 Å². The van der Waals surface area contributed by atoms with Crippen LogP contribution < -0.4 is 0 Å². The van der Waals surface area contributed by atoms with Gasteiger partial charge in [0.25, 0.3) is 70.8 Å². The van der Waals surface area contributed by atoms with E-state index >= 15 is 0 Å². The molecule has 21 rings (SSSR count). The lowest BCUT2D eigenvalue weighted by Gasteiger charge is -2.31. The molecule has 21 saturated heterocycles. The summed E-state index contributed by atoms with van der Waals surface area (Å²) in [6, 6.07) is 0. The molecule has 21 aliphatic rings. The summed E-state index contributed by atoms with van der Waals surface area (Å²) in [5, 5.41) is 14.5. The molecule has 608 valence electrons. The monoisotopic (exact) mass is 1660 g/mol. The number of carbonyl (C=O) groups excluding carboxylic acids is 3. The lowest BCUT2D eigenvalue weighted by molar-refractivity contribution is -0.162. The molecule has 21 aliphatic heterocycles. The van der Waals surface area contributed by atoms with Crippen LogP contribution in [0.3, 0.4) is 0 Å². The molecule has 0 aromatic carbocycles. The van der Waals surface area contributed by atoms with Crippen LogP contribution in [0, 0.1) is 53.3 Å². The fourth-order valence-electron chi connectivity index (χ4n) is 22.3. The number of aliphatic hydroxyl groups excluding tert-OH is 2. The highest BCUT2D eigenvalue weighted by molar-refractivity contribution is 7.89. The van der Waals surface area contributed by atoms with Gasteiger partial charge in [-0.05, 0) is 47.0 Å². The van der Waals surface area contributed by atoms with Crippen molar-refractivity contribution in [3.05, 3.63) is 0 Å². The Balaban J connectivity index is 0.000000100. The lowest BCUT2D eigenvalue weighted by atomic mass is 9.73. The Morgan fingerprint density at radius 1 is 0.411 bits per heavy atom. The second-order valence-corrected chi connectivity index (χ2v) is 46.1. The molecule has 14 bridgehead atoms. The van der Waals surface area contributed by atoms with Crippen LogP contribution in [0.2, 0.25) is 0 Å². The first kappa shape index (κ1) is 79.6. The summed E-state index contributed by atoms with van der Waals surface area (Å²) >= 11 is 0. The topological polar surface area (TPSA) is 488 Å². The molecule has 0 saturated carbocycles. The van der Waals surface area contributed by atoms with E-state index in [1.54, 1.807) is 13.8 Å². The smallest absolute Gasteiger partial charge is 0.312 e. The molecule has 43 heteroatoms. The summed E-state index contributed by atoms with van der Waals surface area (Å²) in [4.78, 5) is 33.8. The normalized spacial score (nSPS) is 56.1. The molecule has 0 radical (unpaired) electrons. The zero-order valence-electron chi connectivity index (χ0n) is 61.2. The fourth-order valence-corrected chi connectivity index (χ4v) is 35.9. The van der Waals surface area contributed by atoms with Gasteiger partial charge in [-0.15, -0.1) is 0 Å². The van der Waals surface area contributed by atoms with Crippen LogP contribution in [0.15, 0.2) is 0 Å². The number of methoxy groups -OCH3 is 1. The van der Waals surface area contributed by atoms with Gasteiger partial charge in [-0.3, -0.25) is 43.7 Å². The van der Waals surface area contributed by atoms with E-state index < -0.39 is 202 Å². The van der Waals surface area contributed by atoms with E-state index in [-0.39, 0.29) is 140 Å². The second kappa shape index (κ2) is 24.7. The number of hydrogen-bond acceptors (Lipinski definition) is 36. The molecule has 0 aliphatic carbocycles. The number of carbonyl (C=O) groups is 3. The van der Waals surface area contributed by atoms with Crippen LogP contribution in [0.1, 0.15) is 129 Å². The van der Waals surface area contributed by atoms with Gasteiger partial charge in [-0.25, -0.2) is 0 Å². The predicted octanol–water partition coefficient (Wildman–Crippen LogP) is -0.967. The third-order valence-electron chi connectivity index (χ3n) is 28.3. The van der Waals surface area contributed by atoms with Crippen LogP contribution in [-0.4, -0.2) is 281 Å². The minimum atomic E-state index is -3.80. The Morgan fingerprint density at radius 3 is 1.43 bits per heavy atom. The second-order valence-electron chi connectivity index (χ2n) is 33.9. The quantitative estimate of drug-likeness (QED) is 0.176. The lowest BCUT2D eigenvalue weighted by Crippen LogP contribution is -2.51. The van der Waals surface area contributed by atoms with Crippen molar-refractivity contribution < 1.29 is 160 Å². The van der Waals surface area contributed by atoms with Gasteiger partial charge in [-0.2, -0.15) is 58.9 Å². The Labute approximate surface area is 621 Å². The highest BCUT2D eigenvalue weighted by Gasteiger charge is 2.82. The molecule has 36 nitrogen and oxygen atoms in total. The molecule has 107 heavy (non-hydrogen) atoms. The molecule has 21 heterocycles. The van der Waals surface area contributed by atoms with Crippen LogP contribution in [0.25, 0.3) is 0 Å². The molecule has 0 amide bonds. The maximum atomic E-state index is 12.2. The van der Waals surface area contributed by atoms with E-state index in [9.17, 15) is 83.5 Å². The molecule has 21 fully saturated rings. The highest BCUT2D eigenvalue weighted by Crippen LogP contribution is 2.66. The molecule has 37 atom stereocenters. The minimum Gasteiger partial charge on any atom is -0.469 e. The molecular formula is C64H94O36S7. The summed E-state index contributed by atoms with van der Waals surface area (Å²) in [5.74, 6) is -2.05. The highest BCUT2D eigenvalue weighted by atomic mass is 32.2. The molecule has 0 aromatic heterocycles. The van der Waals surface area contributed by atoms with Gasteiger partial charge in [0.05, 0.1) is 55.4 Å². The summed E-state index contributed by atoms with van der Waals surface area (Å²) in [7, 11) is -23.3. The average Bonchev–Trinajstić information content (AvgIpc) is 1.51. The van der Waals surface area contributed by atoms with Gasteiger partial charge in [0.2, 0.25) is 0 Å². The molecule has 0 aromatic rings. The summed E-state index contributed by atoms with van der Waals surface area (Å²) in [6.45, 7) is 24.7. The summed E-state index contributed by atoms with van der Waals surface area (Å²) in [5.41, 5.74) is -5.94. The van der Waals surface area contributed by atoms with Crippen molar-refractivity contribution in [2.24, 2.45) is 53.3 Å². The number of hydrogen-bond donors (Lipinski definition) is 2. The average molecular weight is 1660 g/mol. The van der Waals surface area contributed by atoms with Crippen molar-refractivity contribution in [1.82, 2.24) is 0 Å². The van der Waals surface area contributed by atoms with Gasteiger partial charge in [0.1, 0.15) is 145 Å². The van der Waals surface area contributed by atoms with Gasteiger partial charge < -0.3 is 57.6 Å². The molecule has 0 spiro atoms. The van der Waals surface area contributed by atoms with Crippen LogP contribution in [0.5, 0.6) is 0 Å². The molecule has 2 N–H and O–H groups in total. The van der Waals surface area contributed by atoms with Crippen LogP contribution >= 0.6 is 0 Å². The van der Waals surface area contributed by atoms with Crippen LogP contribution in [0.4, 0.5) is 0 Å². The Bertz CT molecular complexity index is 4550. The number of aliphatic hydroxyl groups is 2. The number of ether oxygens (including phenoxy) is 10. The Hall–Kier alpha value is -2.58. The SMILES string of the molecule is CC(=O)OCC12CC3C(COC(C)=O)(O1)C(OS3(=O)=O)C2C.CC1C2CC3C(C)(O2)C1OS3(=O)=O.CC1C2OC3C1OS(=O)(=O)C3C2C.CC1C2OS(=O)(=O)C3CC1(C)OC23.CC1C2OS(=O)(=O)C3CC1(C)OC23C.CC1C2OS(=O)(=O)C3CC1(CO)OC23CO.COC(=O)C1C2OC3C(OS(=O)(=O)C31)C2C. The third-order valence-corrected chi connectivity index (χ3v) is 40.6. The number of rotatable bonds is 7. The van der Waals surface area contributed by atoms with Gasteiger partial charge >= 0.3 is 17.9 Å². The van der Waals surface area contributed by atoms with E-state index in [1.807, 2.05) is 69.2 Å². The third kappa shape index (κ3) is 11.0. The first-order valence-electron chi connectivity index (χ1n) is 36.0. The zero-order valence-corrected chi connectivity index (χ0v) is 67.0. The predicted molar refractivity (Wildman–Crippen MR) is 357 cm³/mol. The maximum Gasteiger partial charge on any atom is 0.312 e. The van der Waals surface area contributed by atoms with E-state index in [0.717, 1.165) is 0 Å². The Kier molecular flexibility index (Phi) is 18.4. The molecular weight excluding hydrogens is 1570 g/mol. The molecule has 37 unspecified atom stereocenters. The fraction of sp³-hybridized carbons (Fsp3) is 0.953. The van der Waals surface area contributed by atoms with Crippen molar-refractivity contribution in [2.45, 2.75) is 290 Å². The standard InChI is InChI=1S/C13H18O8S.C9H14O6S.C9H12O6S.C9H14O4S.3C8H12O4S/c1-7-11-13(6-19-9(3)15)10(22(16,17)20-11)4-12(7,21-13)5-18-8(2)14;1-5-7-9(4-11)6(16(12,13)14-7)2-8(5,3-10)15-9;1-3-5-4(9(10)13-2)8-7(14-5)6(3)15-16(8,11)12;1-5-7-9(3)6(14(10,11)12-7)4-8(5,2)13-9;1-4-6-7-5(13(9,10)12-6)3-8(4,2)11-7;1-4-5-3-6-8(2,11-5)7(4)12-13(6,9)10;1-3-5-4(2)8-7(11-5)6(3)12-13(8,9)10/h7,10-11H,4-6H2,1-3H3;5-7,10-11H,2-4H2,1H3;3-8H,1-2H3;5-7H,4H2,1-3H3;2*4-7H,3H2,1-2H3;3-8H,1-2H3. The van der Waals surface area contributed by atoms with Crippen molar-refractivity contribution in [2.75, 3.05) is 33.5 Å². The Morgan fingerprint density at radius 2 is 0.907 bits per heavy atom. The van der Waals surface area contributed by atoms with Gasteiger partial charge in [0.15, 0.2) is 0 Å². The van der Waals surface area contributed by atoms with E-state index in [1.165, 1.54) is 21.0 Å². The van der Waals surface area contributed by atoms with E-state index in [0.29, 0.717) is 19.3 Å². The maximum absolute atomic E-state index is 12.2. The zero-order chi connectivity index (χ0) is 78.4. The van der Waals surface area contributed by atoms with Crippen LogP contribution in [-0.2, 0) is 162 Å². The van der Waals surface area contributed by atoms with E-state index in [4.69, 9.17) is 71.9 Å². The van der Waals surface area contributed by atoms with Crippen molar-refractivity contribution in [3.63, 3.8) is 0 Å².